The number of aryl methyl sites for hydroxylation is 2. The van der Waals surface area contributed by atoms with Crippen LogP contribution in [0.4, 0.5) is 8.78 Å². The second kappa shape index (κ2) is 13.8. The molecule has 0 fully saturated rings. The molecule has 0 saturated carbocycles. The van der Waals surface area contributed by atoms with Crippen molar-refractivity contribution >= 4 is 17.6 Å². The first-order valence-electron chi connectivity index (χ1n) is 11.6. The quantitative estimate of drug-likeness (QED) is 0.310. The van der Waals surface area contributed by atoms with Crippen LogP contribution in [0.3, 0.4) is 0 Å². The Balaban J connectivity index is 0.000000221. The van der Waals surface area contributed by atoms with Crippen LogP contribution in [0, 0.1) is 11.6 Å². The molecule has 0 atom stereocenters. The molecule has 0 aliphatic carbocycles. The summed E-state index contributed by atoms with van der Waals surface area (Å²) >= 11 is 0. The Morgan fingerprint density at radius 3 is 1.71 bits per heavy atom. The van der Waals surface area contributed by atoms with Crippen molar-refractivity contribution in [1.82, 2.24) is 9.97 Å². The molecule has 3 aromatic rings. The molecule has 31 heavy (non-hydrogen) atoms. The van der Waals surface area contributed by atoms with Gasteiger partial charge in [0.2, 0.25) is 6.71 Å². The molecule has 0 unspecified atom stereocenters. The van der Waals surface area contributed by atoms with E-state index in [1.165, 1.54) is 80.6 Å². The number of unbranched alkanes of at least 4 members (excludes halogenated alkanes) is 4. The summed E-state index contributed by atoms with van der Waals surface area (Å²) in [7, 11) is 0. The van der Waals surface area contributed by atoms with E-state index in [0.717, 1.165) is 17.3 Å². The topological polar surface area (TPSA) is 28.7 Å². The number of imidazole rings is 1. The maximum atomic E-state index is 12.8. The van der Waals surface area contributed by atoms with Gasteiger partial charge in [0.15, 0.2) is 0 Å². The van der Waals surface area contributed by atoms with E-state index in [-0.39, 0.29) is 18.3 Å². The predicted octanol–water partition coefficient (Wildman–Crippen LogP) is 6.08. The van der Waals surface area contributed by atoms with Crippen molar-refractivity contribution in [1.29, 1.82) is 0 Å². The van der Waals surface area contributed by atoms with Gasteiger partial charge in [0.25, 0.3) is 0 Å². The molecule has 1 N–H and O–H groups in total. The molecule has 166 valence electrons. The van der Waals surface area contributed by atoms with Gasteiger partial charge < -0.3 is 4.98 Å². The van der Waals surface area contributed by atoms with Gasteiger partial charge in [-0.2, -0.15) is 0 Å². The molecule has 0 spiro atoms. The fraction of sp³-hybridized carbons (Fsp3) is 0.423. The Kier molecular flexibility index (Phi) is 11.1. The first-order chi connectivity index (χ1) is 15.0. The van der Waals surface area contributed by atoms with Gasteiger partial charge in [0.05, 0.1) is 12.0 Å². The SMILES string of the molecule is CB(c1ccc(F)cc1)c1ccc(F)cc1.CCCCCc1nc[nH]c1CCCCC. The van der Waals surface area contributed by atoms with Gasteiger partial charge >= 0.3 is 0 Å². The van der Waals surface area contributed by atoms with Crippen molar-refractivity contribution < 1.29 is 8.78 Å². The Labute approximate surface area is 186 Å². The lowest BCUT2D eigenvalue weighted by Crippen LogP contribution is -2.39. The Bertz CT molecular complexity index is 790. The van der Waals surface area contributed by atoms with Gasteiger partial charge in [0, 0.05) is 5.69 Å². The van der Waals surface area contributed by atoms with Crippen molar-refractivity contribution in [2.45, 2.75) is 72.0 Å². The highest BCUT2D eigenvalue weighted by Gasteiger charge is 2.12. The van der Waals surface area contributed by atoms with E-state index < -0.39 is 0 Å². The lowest BCUT2D eigenvalue weighted by molar-refractivity contribution is 0.628. The van der Waals surface area contributed by atoms with E-state index in [2.05, 4.69) is 23.8 Å². The average Bonchev–Trinajstić information content (AvgIpc) is 3.22. The minimum Gasteiger partial charge on any atom is -0.348 e. The van der Waals surface area contributed by atoms with Gasteiger partial charge in [-0.1, -0.05) is 81.5 Å². The van der Waals surface area contributed by atoms with Crippen LogP contribution in [0.2, 0.25) is 6.82 Å². The Hall–Kier alpha value is -2.43. The predicted molar refractivity (Wildman–Crippen MR) is 129 cm³/mol. The lowest BCUT2D eigenvalue weighted by Gasteiger charge is -2.08. The van der Waals surface area contributed by atoms with Crippen molar-refractivity contribution in [3.63, 3.8) is 0 Å². The summed E-state index contributed by atoms with van der Waals surface area (Å²) < 4.78 is 25.5. The largest absolute Gasteiger partial charge is 0.348 e. The fourth-order valence-corrected chi connectivity index (χ4v) is 3.57. The number of hydrogen-bond acceptors (Lipinski definition) is 1. The number of halogens is 2. The first-order valence-corrected chi connectivity index (χ1v) is 11.6. The maximum Gasteiger partial charge on any atom is 0.206 e. The summed E-state index contributed by atoms with van der Waals surface area (Å²) in [6.45, 7) is 6.64. The zero-order valence-electron chi connectivity index (χ0n) is 19.1. The van der Waals surface area contributed by atoms with Gasteiger partial charge in [-0.05, 0) is 49.9 Å². The molecule has 5 heteroatoms. The van der Waals surface area contributed by atoms with Gasteiger partial charge in [-0.3, -0.25) is 0 Å². The third-order valence-electron chi connectivity index (χ3n) is 5.59. The van der Waals surface area contributed by atoms with E-state index in [1.807, 2.05) is 13.2 Å². The molecule has 0 bridgehead atoms. The summed E-state index contributed by atoms with van der Waals surface area (Å²) in [5.74, 6) is -0.481. The number of hydrogen-bond donors (Lipinski definition) is 1. The smallest absolute Gasteiger partial charge is 0.206 e. The van der Waals surface area contributed by atoms with E-state index in [4.69, 9.17) is 0 Å². The normalized spacial score (nSPS) is 10.5. The van der Waals surface area contributed by atoms with Crippen LogP contribution < -0.4 is 10.9 Å². The zero-order valence-corrected chi connectivity index (χ0v) is 19.1. The monoisotopic (exact) mass is 424 g/mol. The highest BCUT2D eigenvalue weighted by atomic mass is 19.1. The second-order valence-corrected chi connectivity index (χ2v) is 8.07. The number of rotatable bonds is 10. The summed E-state index contributed by atoms with van der Waals surface area (Å²) in [6, 6.07) is 12.8. The molecular formula is C26H35BF2N2. The first kappa shape index (κ1) is 24.8. The van der Waals surface area contributed by atoms with Crippen LogP contribution in [0.25, 0.3) is 0 Å². The summed E-state index contributed by atoms with van der Waals surface area (Å²) in [4.78, 5) is 7.69. The van der Waals surface area contributed by atoms with E-state index >= 15 is 0 Å². The van der Waals surface area contributed by atoms with Crippen LogP contribution in [0.5, 0.6) is 0 Å². The number of nitrogens with zero attached hydrogens (tertiary/aromatic N) is 1. The average molecular weight is 424 g/mol. The molecule has 3 rings (SSSR count). The second-order valence-electron chi connectivity index (χ2n) is 8.07. The van der Waals surface area contributed by atoms with Crippen LogP contribution in [0.1, 0.15) is 63.8 Å². The molecule has 1 heterocycles. The van der Waals surface area contributed by atoms with Crippen LogP contribution in [0.15, 0.2) is 54.9 Å². The molecule has 2 aromatic carbocycles. The standard InChI is InChI=1S/C13H11BF2.C13H24N2/c1-14(10-2-6-12(15)7-3-10)11-4-8-13(16)9-5-11;1-3-5-7-9-12-13(15-11-14-12)10-8-6-4-2/h2-9H,1H3;11H,3-10H2,1-2H3,(H,14,15). The number of aromatic nitrogens is 2. The summed E-state index contributed by atoms with van der Waals surface area (Å²) in [5.41, 5.74) is 4.72. The third-order valence-corrected chi connectivity index (χ3v) is 5.59. The molecule has 0 aliphatic heterocycles. The van der Waals surface area contributed by atoms with Crippen molar-refractivity contribution in [3.05, 3.63) is 77.9 Å². The zero-order chi connectivity index (χ0) is 22.5. The number of aromatic amines is 1. The maximum absolute atomic E-state index is 12.8. The Morgan fingerprint density at radius 2 is 1.23 bits per heavy atom. The molecule has 0 amide bonds. The fourth-order valence-electron chi connectivity index (χ4n) is 3.57. The highest BCUT2D eigenvalue weighted by Crippen LogP contribution is 2.11. The van der Waals surface area contributed by atoms with Crippen molar-refractivity contribution in [2.24, 2.45) is 0 Å². The van der Waals surface area contributed by atoms with E-state index in [9.17, 15) is 8.78 Å². The Morgan fingerprint density at radius 1 is 0.742 bits per heavy atom. The number of nitrogens with one attached hydrogen (secondary N) is 1. The van der Waals surface area contributed by atoms with Crippen LogP contribution in [-0.2, 0) is 12.8 Å². The molecule has 2 nitrogen and oxygen atoms in total. The van der Waals surface area contributed by atoms with Crippen molar-refractivity contribution in [3.8, 4) is 0 Å². The lowest BCUT2D eigenvalue weighted by atomic mass is 9.43. The van der Waals surface area contributed by atoms with E-state index in [1.54, 1.807) is 24.3 Å². The minimum absolute atomic E-state index is 0.140. The van der Waals surface area contributed by atoms with Gasteiger partial charge in [0.1, 0.15) is 11.6 Å². The van der Waals surface area contributed by atoms with Crippen LogP contribution in [-0.4, -0.2) is 16.7 Å². The molecule has 0 aliphatic rings. The third kappa shape index (κ3) is 8.68. The van der Waals surface area contributed by atoms with Crippen molar-refractivity contribution in [2.75, 3.05) is 0 Å². The minimum atomic E-state index is -0.241. The molecule has 0 radical (unpaired) electrons. The van der Waals surface area contributed by atoms with Gasteiger partial charge in [-0.25, -0.2) is 13.8 Å². The summed E-state index contributed by atoms with van der Waals surface area (Å²) in [6.07, 6.45) is 12.0. The number of H-pyrrole nitrogens is 1. The van der Waals surface area contributed by atoms with Gasteiger partial charge in [-0.15, -0.1) is 0 Å². The van der Waals surface area contributed by atoms with Crippen LogP contribution >= 0.6 is 0 Å². The number of benzene rings is 2. The summed E-state index contributed by atoms with van der Waals surface area (Å²) in [5, 5.41) is 0. The highest BCUT2D eigenvalue weighted by molar-refractivity contribution is 6.84. The molecule has 1 aromatic heterocycles. The van der Waals surface area contributed by atoms with E-state index in [0.29, 0.717) is 0 Å². The molecule has 0 saturated heterocycles. The molecular weight excluding hydrogens is 389 g/mol.